The Labute approximate surface area is 67.4 Å². The van der Waals surface area contributed by atoms with E-state index in [0.717, 1.165) is 0 Å². The molecule has 60 valence electrons. The molecule has 1 heterocycles. The molecule has 0 bridgehead atoms. The van der Waals surface area contributed by atoms with Crippen molar-refractivity contribution in [1.82, 2.24) is 0 Å². The van der Waals surface area contributed by atoms with E-state index in [0.29, 0.717) is 0 Å². The molecular weight excluding hydrogens is 200 g/mol. The fraction of sp³-hybridized carbons (Fsp3) is 1.00. The van der Waals surface area contributed by atoms with Gasteiger partial charge in [0.15, 0.2) is 0 Å². The highest BCUT2D eigenvalue weighted by Crippen LogP contribution is 2.07. The average molecular weight is 212 g/mol. The van der Waals surface area contributed by atoms with Crippen LogP contribution in [0.25, 0.3) is 0 Å². The fourth-order valence-electron chi connectivity index (χ4n) is 0.710. The Morgan fingerprint density at radius 1 is 1.30 bits per heavy atom. The fourth-order valence-corrected chi connectivity index (χ4v) is 17.6. The Hall–Kier alpha value is 0.708. The van der Waals surface area contributed by atoms with Crippen molar-refractivity contribution in [1.29, 1.82) is 0 Å². The lowest BCUT2D eigenvalue weighted by molar-refractivity contribution is 0.329. The summed E-state index contributed by atoms with van der Waals surface area (Å²) in [6.45, 7) is 3.75. The summed E-state index contributed by atoms with van der Waals surface area (Å²) in [5.74, 6) is 0. The molecule has 0 saturated carbocycles. The molecule has 0 aliphatic carbocycles. The predicted molar refractivity (Wildman–Crippen MR) is 47.2 cm³/mol. The van der Waals surface area contributed by atoms with Gasteiger partial charge < -0.3 is 17.1 Å². The zero-order chi connectivity index (χ0) is 7.61. The van der Waals surface area contributed by atoms with Gasteiger partial charge in [0, 0.05) is 0 Å². The topological polar surface area (TPSA) is 47.9 Å². The first kappa shape index (κ1) is 8.80. The zero-order valence-corrected chi connectivity index (χ0v) is 11.1. The summed E-state index contributed by atoms with van der Waals surface area (Å²) >= 11 is 0. The van der Waals surface area contributed by atoms with Crippen LogP contribution in [0, 0.1) is 0 Å². The van der Waals surface area contributed by atoms with E-state index >= 15 is 0 Å². The van der Waals surface area contributed by atoms with E-state index < -0.39 is 36.6 Å². The SMILES string of the molecule is C[Si](C)(O)[SiH]1O[SiH2]O[SiH2]O1. The van der Waals surface area contributed by atoms with Crippen LogP contribution in [0.2, 0.25) is 13.1 Å². The molecule has 0 aromatic heterocycles. The van der Waals surface area contributed by atoms with Crippen LogP contribution >= 0.6 is 0 Å². The van der Waals surface area contributed by atoms with Crippen LogP contribution in [-0.2, 0) is 12.3 Å². The van der Waals surface area contributed by atoms with Gasteiger partial charge in [-0.25, -0.2) is 0 Å². The normalized spacial score (nSPS) is 33.3. The van der Waals surface area contributed by atoms with E-state index in [1.807, 2.05) is 13.1 Å². The van der Waals surface area contributed by atoms with E-state index in [1.54, 1.807) is 0 Å². The van der Waals surface area contributed by atoms with Gasteiger partial charge in [-0.1, -0.05) is 0 Å². The Morgan fingerprint density at radius 3 is 2.10 bits per heavy atom. The summed E-state index contributed by atoms with van der Waals surface area (Å²) in [7, 11) is -5.19. The lowest BCUT2D eigenvalue weighted by atomic mass is 11.9. The minimum absolute atomic E-state index is 0.746. The van der Waals surface area contributed by atoms with Crippen molar-refractivity contribution in [2.75, 3.05) is 0 Å². The van der Waals surface area contributed by atoms with Gasteiger partial charge in [-0.2, -0.15) is 0 Å². The molecule has 1 fully saturated rings. The van der Waals surface area contributed by atoms with E-state index in [1.165, 1.54) is 0 Å². The largest absolute Gasteiger partial charge is 0.429 e. The Kier molecular flexibility index (Phi) is 2.99. The molecule has 1 saturated heterocycles. The van der Waals surface area contributed by atoms with Gasteiger partial charge in [0.05, 0.1) is 0 Å². The molecule has 0 spiro atoms. The smallest absolute Gasteiger partial charge is 0.314 e. The third-order valence-electron chi connectivity index (χ3n) is 1.18. The van der Waals surface area contributed by atoms with E-state index in [9.17, 15) is 4.80 Å². The molecule has 8 heteroatoms. The third kappa shape index (κ3) is 2.39. The van der Waals surface area contributed by atoms with Gasteiger partial charge in [0.2, 0.25) is 7.83 Å². The van der Waals surface area contributed by atoms with Crippen LogP contribution < -0.4 is 0 Å². The van der Waals surface area contributed by atoms with Crippen LogP contribution in [0.15, 0.2) is 0 Å². The van der Waals surface area contributed by atoms with Crippen molar-refractivity contribution in [2.24, 2.45) is 0 Å². The highest BCUT2D eigenvalue weighted by Gasteiger charge is 2.36. The summed E-state index contributed by atoms with van der Waals surface area (Å²) in [6, 6.07) is 0. The van der Waals surface area contributed by atoms with Gasteiger partial charge in [-0.05, 0) is 13.1 Å². The van der Waals surface area contributed by atoms with Crippen LogP contribution in [0.4, 0.5) is 0 Å². The van der Waals surface area contributed by atoms with Crippen molar-refractivity contribution < 1.29 is 17.1 Å². The first-order valence-electron chi connectivity index (χ1n) is 3.14. The molecule has 0 aromatic rings. The zero-order valence-electron chi connectivity index (χ0n) is 6.16. The second kappa shape index (κ2) is 3.40. The predicted octanol–water partition coefficient (Wildman–Crippen LogP) is -2.46. The first-order valence-corrected chi connectivity index (χ1v) is 11.1. The van der Waals surface area contributed by atoms with E-state index in [2.05, 4.69) is 0 Å². The maximum Gasteiger partial charge on any atom is 0.314 e. The lowest BCUT2D eigenvalue weighted by Crippen LogP contribution is -2.54. The maximum atomic E-state index is 9.58. The highest BCUT2D eigenvalue weighted by molar-refractivity contribution is 7.25. The number of hydrogen-bond donors (Lipinski definition) is 1. The first-order chi connectivity index (χ1) is 4.61. The minimum atomic E-state index is -2.07. The second-order valence-corrected chi connectivity index (χ2v) is 17.2. The number of rotatable bonds is 1. The molecule has 0 radical (unpaired) electrons. The van der Waals surface area contributed by atoms with Crippen molar-refractivity contribution in [3.05, 3.63) is 0 Å². The summed E-state index contributed by atoms with van der Waals surface area (Å²) in [6.07, 6.45) is 0. The van der Waals surface area contributed by atoms with Crippen molar-refractivity contribution in [3.8, 4) is 0 Å². The molecule has 10 heavy (non-hydrogen) atoms. The van der Waals surface area contributed by atoms with Gasteiger partial charge in [-0.3, -0.25) is 0 Å². The monoisotopic (exact) mass is 212 g/mol. The van der Waals surface area contributed by atoms with Crippen LogP contribution in [-0.4, -0.2) is 41.4 Å². The maximum absolute atomic E-state index is 9.58. The minimum Gasteiger partial charge on any atom is -0.429 e. The Balaban J connectivity index is 2.39. The van der Waals surface area contributed by atoms with E-state index in [4.69, 9.17) is 12.3 Å². The summed E-state index contributed by atoms with van der Waals surface area (Å²) in [5, 5.41) is 0. The molecule has 1 aliphatic rings. The van der Waals surface area contributed by atoms with Crippen LogP contribution in [0.3, 0.4) is 0 Å². The standard InChI is InChI=1S/C2H12O4Si4/c1-10(2,3)9-5-7-4-8-6-9/h3,9H,7-8H2,1-2H3. The lowest BCUT2D eigenvalue weighted by Gasteiger charge is -2.28. The molecular formula is C2H12O4Si4. The third-order valence-corrected chi connectivity index (χ3v) is 13.6. The van der Waals surface area contributed by atoms with Gasteiger partial charge >= 0.3 is 8.80 Å². The average Bonchev–Trinajstić information content (AvgIpc) is 1.88. The molecule has 1 rings (SSSR count). The van der Waals surface area contributed by atoms with Crippen molar-refractivity contribution in [2.45, 2.75) is 13.1 Å². The summed E-state index contributed by atoms with van der Waals surface area (Å²) in [4.78, 5) is 9.58. The summed E-state index contributed by atoms with van der Waals surface area (Å²) < 4.78 is 15.7. The van der Waals surface area contributed by atoms with Crippen LogP contribution in [0.1, 0.15) is 0 Å². The Bertz CT molecular complexity index is 106. The molecule has 0 amide bonds. The molecule has 1 N–H and O–H groups in total. The molecule has 4 nitrogen and oxygen atoms in total. The molecule has 1 aliphatic heterocycles. The quantitative estimate of drug-likeness (QED) is 0.490. The Morgan fingerprint density at radius 2 is 1.80 bits per heavy atom. The van der Waals surface area contributed by atoms with Gasteiger partial charge in [-0.15, -0.1) is 0 Å². The molecule has 0 aromatic carbocycles. The number of hydrogen-bond acceptors (Lipinski definition) is 4. The van der Waals surface area contributed by atoms with Crippen molar-refractivity contribution >= 4 is 36.6 Å². The van der Waals surface area contributed by atoms with Crippen molar-refractivity contribution in [3.63, 3.8) is 0 Å². The second-order valence-electron chi connectivity index (χ2n) is 2.76. The highest BCUT2D eigenvalue weighted by atomic mass is 29.3. The molecule has 0 unspecified atom stereocenters. The van der Waals surface area contributed by atoms with Gasteiger partial charge in [0.1, 0.15) is 0 Å². The summed E-state index contributed by atoms with van der Waals surface area (Å²) in [5.41, 5.74) is 0. The van der Waals surface area contributed by atoms with Gasteiger partial charge in [0.25, 0.3) is 20.0 Å². The molecule has 0 atom stereocenters. The van der Waals surface area contributed by atoms with Crippen LogP contribution in [0.5, 0.6) is 0 Å². The van der Waals surface area contributed by atoms with E-state index in [-0.39, 0.29) is 0 Å².